The number of aromatic nitrogens is 1. The van der Waals surface area contributed by atoms with Crippen molar-refractivity contribution in [3.05, 3.63) is 36.4 Å². The van der Waals surface area contributed by atoms with Gasteiger partial charge in [0.15, 0.2) is 0 Å². The van der Waals surface area contributed by atoms with Gasteiger partial charge in [-0.15, -0.1) is 13.2 Å². The fourth-order valence-electron chi connectivity index (χ4n) is 2.74. The van der Waals surface area contributed by atoms with E-state index in [1.54, 1.807) is 12.1 Å². The van der Waals surface area contributed by atoms with Crippen LogP contribution in [0.3, 0.4) is 0 Å². The van der Waals surface area contributed by atoms with Gasteiger partial charge in [0.2, 0.25) is 0 Å². The second-order valence-corrected chi connectivity index (χ2v) is 5.62. The summed E-state index contributed by atoms with van der Waals surface area (Å²) in [6, 6.07) is 9.61. The summed E-state index contributed by atoms with van der Waals surface area (Å²) >= 11 is 0. The lowest BCUT2D eigenvalue weighted by atomic mass is 10.1. The number of anilines is 2. The third-order valence-electron chi connectivity index (χ3n) is 3.91. The van der Waals surface area contributed by atoms with Crippen molar-refractivity contribution in [3.8, 4) is 17.0 Å². The van der Waals surface area contributed by atoms with Crippen LogP contribution in [-0.4, -0.2) is 31.5 Å². The lowest BCUT2D eigenvalue weighted by Gasteiger charge is -2.18. The Labute approximate surface area is 138 Å². The smallest absolute Gasteiger partial charge is 0.406 e. The zero-order chi connectivity index (χ0) is 17.2. The molecule has 1 saturated heterocycles. The van der Waals surface area contributed by atoms with Crippen LogP contribution < -0.4 is 15.0 Å². The number of benzene rings is 1. The summed E-state index contributed by atoms with van der Waals surface area (Å²) in [6.45, 7) is 1.94. The highest BCUT2D eigenvalue weighted by molar-refractivity contribution is 5.68. The van der Waals surface area contributed by atoms with Crippen molar-refractivity contribution < 1.29 is 17.9 Å². The summed E-state index contributed by atoms with van der Waals surface area (Å²) in [5.41, 5.74) is 2.36. The van der Waals surface area contributed by atoms with E-state index in [0.29, 0.717) is 5.69 Å². The topological polar surface area (TPSA) is 37.4 Å². The first kappa shape index (κ1) is 16.4. The maximum absolute atomic E-state index is 12.2. The van der Waals surface area contributed by atoms with Crippen LogP contribution in [0.15, 0.2) is 36.4 Å². The Morgan fingerprint density at radius 2 is 1.75 bits per heavy atom. The largest absolute Gasteiger partial charge is 0.573 e. The number of nitrogens with one attached hydrogen (secondary N) is 1. The lowest BCUT2D eigenvalue weighted by molar-refractivity contribution is -0.274. The standard InChI is InChI=1S/C17H18F3N3O/c1-21-13-10-15(22-16(11-13)23-8-2-3-9-23)12-4-6-14(7-5-12)24-17(18,19)20/h4-7,10-11H,2-3,8-9H2,1H3,(H,21,22). The highest BCUT2D eigenvalue weighted by atomic mass is 19.4. The number of nitrogens with zero attached hydrogens (tertiary/aromatic N) is 2. The van der Waals surface area contributed by atoms with E-state index in [0.717, 1.165) is 43.0 Å². The predicted molar refractivity (Wildman–Crippen MR) is 87.3 cm³/mol. The van der Waals surface area contributed by atoms with E-state index in [9.17, 15) is 13.2 Å². The first-order valence-electron chi connectivity index (χ1n) is 7.75. The predicted octanol–water partition coefficient (Wildman–Crippen LogP) is 4.29. The number of hydrogen-bond acceptors (Lipinski definition) is 4. The number of ether oxygens (including phenoxy) is 1. The summed E-state index contributed by atoms with van der Waals surface area (Å²) in [6.07, 6.45) is -2.40. The Kier molecular flexibility index (Phi) is 4.51. The minimum absolute atomic E-state index is 0.240. The Morgan fingerprint density at radius 1 is 1.08 bits per heavy atom. The van der Waals surface area contributed by atoms with Crippen molar-refractivity contribution in [2.45, 2.75) is 19.2 Å². The third kappa shape index (κ3) is 3.90. The molecule has 1 aliphatic rings. The van der Waals surface area contributed by atoms with Gasteiger partial charge >= 0.3 is 6.36 Å². The van der Waals surface area contributed by atoms with Crippen molar-refractivity contribution in [2.75, 3.05) is 30.4 Å². The minimum Gasteiger partial charge on any atom is -0.406 e. The Balaban J connectivity index is 1.89. The zero-order valence-corrected chi connectivity index (χ0v) is 13.2. The molecular weight excluding hydrogens is 319 g/mol. The van der Waals surface area contributed by atoms with Gasteiger partial charge in [0.05, 0.1) is 5.69 Å². The summed E-state index contributed by atoms with van der Waals surface area (Å²) in [7, 11) is 1.83. The van der Waals surface area contributed by atoms with Crippen molar-refractivity contribution in [2.24, 2.45) is 0 Å². The quantitative estimate of drug-likeness (QED) is 0.903. The molecule has 1 fully saturated rings. The molecule has 1 aromatic heterocycles. The molecule has 0 atom stereocenters. The van der Waals surface area contributed by atoms with Gasteiger partial charge in [-0.25, -0.2) is 4.98 Å². The maximum atomic E-state index is 12.2. The molecule has 3 rings (SSSR count). The summed E-state index contributed by atoms with van der Waals surface area (Å²) in [5.74, 6) is 0.640. The summed E-state index contributed by atoms with van der Waals surface area (Å²) < 4.78 is 40.6. The molecule has 0 unspecified atom stereocenters. The van der Waals surface area contributed by atoms with Crippen LogP contribution in [0.4, 0.5) is 24.7 Å². The molecule has 0 aliphatic carbocycles. The van der Waals surface area contributed by atoms with E-state index in [1.165, 1.54) is 12.1 Å². The molecule has 0 saturated carbocycles. The zero-order valence-electron chi connectivity index (χ0n) is 13.2. The second-order valence-electron chi connectivity index (χ2n) is 5.62. The molecule has 4 nitrogen and oxygen atoms in total. The monoisotopic (exact) mass is 337 g/mol. The summed E-state index contributed by atoms with van der Waals surface area (Å²) in [4.78, 5) is 6.87. The molecule has 0 amide bonds. The average Bonchev–Trinajstić information content (AvgIpc) is 3.08. The molecule has 2 aromatic rings. The van der Waals surface area contributed by atoms with Crippen LogP contribution in [0.2, 0.25) is 0 Å². The van der Waals surface area contributed by atoms with Gasteiger partial charge in [0.1, 0.15) is 11.6 Å². The number of rotatable bonds is 4. The molecule has 0 radical (unpaired) electrons. The third-order valence-corrected chi connectivity index (χ3v) is 3.91. The SMILES string of the molecule is CNc1cc(-c2ccc(OC(F)(F)F)cc2)nc(N2CCCC2)c1. The fourth-order valence-corrected chi connectivity index (χ4v) is 2.74. The minimum atomic E-state index is -4.69. The van der Waals surface area contributed by atoms with E-state index < -0.39 is 6.36 Å². The number of hydrogen-bond donors (Lipinski definition) is 1. The van der Waals surface area contributed by atoms with E-state index >= 15 is 0 Å². The number of pyridine rings is 1. The number of alkyl halides is 3. The van der Waals surface area contributed by atoms with Crippen LogP contribution in [-0.2, 0) is 0 Å². The first-order valence-corrected chi connectivity index (χ1v) is 7.75. The van der Waals surface area contributed by atoms with Crippen LogP contribution in [0.5, 0.6) is 5.75 Å². The van der Waals surface area contributed by atoms with Crippen molar-refractivity contribution >= 4 is 11.5 Å². The molecule has 7 heteroatoms. The molecule has 1 N–H and O–H groups in total. The highest BCUT2D eigenvalue weighted by Gasteiger charge is 2.31. The molecule has 0 spiro atoms. The molecule has 1 aliphatic heterocycles. The van der Waals surface area contributed by atoms with E-state index in [4.69, 9.17) is 0 Å². The van der Waals surface area contributed by atoms with E-state index in [2.05, 4.69) is 19.9 Å². The average molecular weight is 337 g/mol. The van der Waals surface area contributed by atoms with Gasteiger partial charge in [-0.1, -0.05) is 0 Å². The van der Waals surface area contributed by atoms with Crippen LogP contribution in [0, 0.1) is 0 Å². The van der Waals surface area contributed by atoms with Crippen molar-refractivity contribution in [1.82, 2.24) is 4.98 Å². The molecule has 0 bridgehead atoms. The lowest BCUT2D eigenvalue weighted by Crippen LogP contribution is -2.19. The molecule has 1 aromatic carbocycles. The second kappa shape index (κ2) is 6.59. The first-order chi connectivity index (χ1) is 11.4. The van der Waals surface area contributed by atoms with Crippen molar-refractivity contribution in [3.63, 3.8) is 0 Å². The van der Waals surface area contributed by atoms with Crippen LogP contribution in [0.1, 0.15) is 12.8 Å². The van der Waals surface area contributed by atoms with Crippen molar-refractivity contribution in [1.29, 1.82) is 0 Å². The molecular formula is C17H18F3N3O. The van der Waals surface area contributed by atoms with Gasteiger partial charge in [0.25, 0.3) is 0 Å². The van der Waals surface area contributed by atoms with Crippen LogP contribution in [0.25, 0.3) is 11.3 Å². The molecule has 2 heterocycles. The Bertz CT molecular complexity index is 695. The van der Waals surface area contributed by atoms with Gasteiger partial charge in [-0.2, -0.15) is 0 Å². The van der Waals surface area contributed by atoms with Gasteiger partial charge in [-0.3, -0.25) is 0 Å². The fraction of sp³-hybridized carbons (Fsp3) is 0.353. The highest BCUT2D eigenvalue weighted by Crippen LogP contribution is 2.29. The summed E-state index contributed by atoms with van der Waals surface area (Å²) in [5, 5.41) is 3.10. The number of halogens is 3. The van der Waals surface area contributed by atoms with Gasteiger partial charge in [0, 0.05) is 37.5 Å². The normalized spacial score (nSPS) is 14.8. The maximum Gasteiger partial charge on any atom is 0.573 e. The van der Waals surface area contributed by atoms with Gasteiger partial charge in [-0.05, 0) is 43.2 Å². The van der Waals surface area contributed by atoms with E-state index in [1.807, 2.05) is 19.2 Å². The van der Waals surface area contributed by atoms with E-state index in [-0.39, 0.29) is 5.75 Å². The molecule has 128 valence electrons. The Morgan fingerprint density at radius 3 is 2.33 bits per heavy atom. The molecule has 24 heavy (non-hydrogen) atoms. The van der Waals surface area contributed by atoms with Crippen LogP contribution >= 0.6 is 0 Å². The Hall–Kier alpha value is -2.44. The van der Waals surface area contributed by atoms with Gasteiger partial charge < -0.3 is 15.0 Å².